The minimum Gasteiger partial charge on any atom is -0.481 e. The van der Waals surface area contributed by atoms with Crippen molar-refractivity contribution in [3.63, 3.8) is 0 Å². The SMILES string of the molecule is O=C(O)CCCNC(=O)CNC(=O)CCC1CCCC1. The Balaban J connectivity index is 1.98. The highest BCUT2D eigenvalue weighted by Crippen LogP contribution is 2.28. The maximum absolute atomic E-state index is 11.6. The van der Waals surface area contributed by atoms with Gasteiger partial charge in [0.15, 0.2) is 0 Å². The summed E-state index contributed by atoms with van der Waals surface area (Å²) in [5.74, 6) is -0.563. The fourth-order valence-corrected chi connectivity index (χ4v) is 2.43. The number of amides is 2. The number of rotatable bonds is 9. The maximum atomic E-state index is 11.6. The summed E-state index contributed by atoms with van der Waals surface area (Å²) in [6.07, 6.45) is 6.80. The summed E-state index contributed by atoms with van der Waals surface area (Å²) in [5, 5.41) is 13.6. The van der Waals surface area contributed by atoms with Gasteiger partial charge in [-0.1, -0.05) is 25.7 Å². The number of carboxylic acids is 1. The molecule has 0 aromatic rings. The lowest BCUT2D eigenvalue weighted by atomic mass is 10.0. The molecule has 0 aromatic heterocycles. The normalized spacial score (nSPS) is 15.0. The van der Waals surface area contributed by atoms with Crippen LogP contribution >= 0.6 is 0 Å². The third-order valence-electron chi connectivity index (χ3n) is 3.59. The van der Waals surface area contributed by atoms with Crippen LogP contribution in [0, 0.1) is 5.92 Å². The van der Waals surface area contributed by atoms with Gasteiger partial charge in [-0.05, 0) is 18.8 Å². The summed E-state index contributed by atoms with van der Waals surface area (Å²) < 4.78 is 0. The van der Waals surface area contributed by atoms with Crippen molar-refractivity contribution in [2.45, 2.75) is 51.4 Å². The van der Waals surface area contributed by atoms with Gasteiger partial charge in [0.1, 0.15) is 0 Å². The second-order valence-electron chi connectivity index (χ2n) is 5.31. The Hall–Kier alpha value is -1.59. The molecule has 1 aliphatic rings. The molecule has 1 fully saturated rings. The Morgan fingerprint density at radius 2 is 1.70 bits per heavy atom. The van der Waals surface area contributed by atoms with Crippen LogP contribution in [0.25, 0.3) is 0 Å². The Morgan fingerprint density at radius 1 is 1.00 bits per heavy atom. The highest BCUT2D eigenvalue weighted by molar-refractivity contribution is 5.84. The van der Waals surface area contributed by atoms with Gasteiger partial charge in [0.25, 0.3) is 0 Å². The molecule has 0 aliphatic heterocycles. The van der Waals surface area contributed by atoms with Crippen LogP contribution in [-0.4, -0.2) is 36.0 Å². The van der Waals surface area contributed by atoms with Crippen LogP contribution in [0.1, 0.15) is 51.4 Å². The molecular formula is C14H24N2O4. The van der Waals surface area contributed by atoms with Crippen molar-refractivity contribution in [3.05, 3.63) is 0 Å². The molecule has 1 aliphatic carbocycles. The van der Waals surface area contributed by atoms with Crippen LogP contribution < -0.4 is 10.6 Å². The minimum atomic E-state index is -0.875. The van der Waals surface area contributed by atoms with Crippen molar-refractivity contribution in [3.8, 4) is 0 Å². The number of carbonyl (C=O) groups excluding carboxylic acids is 2. The van der Waals surface area contributed by atoms with Crippen LogP contribution in [0.4, 0.5) is 0 Å². The van der Waals surface area contributed by atoms with Gasteiger partial charge in [0.05, 0.1) is 6.54 Å². The van der Waals surface area contributed by atoms with E-state index in [1.54, 1.807) is 0 Å². The van der Waals surface area contributed by atoms with E-state index in [1.165, 1.54) is 25.7 Å². The molecule has 0 bridgehead atoms. The average molecular weight is 284 g/mol. The zero-order valence-electron chi connectivity index (χ0n) is 11.8. The first-order valence-electron chi connectivity index (χ1n) is 7.33. The van der Waals surface area contributed by atoms with Crippen molar-refractivity contribution in [1.82, 2.24) is 10.6 Å². The summed E-state index contributed by atoms with van der Waals surface area (Å²) in [7, 11) is 0. The number of nitrogens with one attached hydrogen (secondary N) is 2. The van der Waals surface area contributed by atoms with E-state index in [2.05, 4.69) is 10.6 Å². The van der Waals surface area contributed by atoms with Gasteiger partial charge in [0, 0.05) is 19.4 Å². The zero-order valence-corrected chi connectivity index (χ0v) is 11.8. The number of hydrogen-bond donors (Lipinski definition) is 3. The third-order valence-corrected chi connectivity index (χ3v) is 3.59. The Bertz CT molecular complexity index is 338. The molecule has 0 saturated heterocycles. The number of carbonyl (C=O) groups is 3. The van der Waals surface area contributed by atoms with Crippen LogP contribution in [-0.2, 0) is 14.4 Å². The van der Waals surface area contributed by atoms with E-state index in [-0.39, 0.29) is 24.8 Å². The maximum Gasteiger partial charge on any atom is 0.303 e. The second kappa shape index (κ2) is 9.34. The Morgan fingerprint density at radius 3 is 2.35 bits per heavy atom. The third kappa shape index (κ3) is 7.76. The molecule has 0 atom stereocenters. The van der Waals surface area contributed by atoms with Gasteiger partial charge in [-0.25, -0.2) is 0 Å². The molecule has 114 valence electrons. The quantitative estimate of drug-likeness (QED) is 0.552. The van der Waals surface area contributed by atoms with Crippen LogP contribution in [0.15, 0.2) is 0 Å². The summed E-state index contributed by atoms with van der Waals surface area (Å²) in [4.78, 5) is 33.2. The first-order chi connectivity index (χ1) is 9.58. The zero-order chi connectivity index (χ0) is 14.8. The Kier molecular flexibility index (Phi) is 7.69. The van der Waals surface area contributed by atoms with E-state index in [0.29, 0.717) is 25.3 Å². The van der Waals surface area contributed by atoms with Crippen LogP contribution in [0.5, 0.6) is 0 Å². The van der Waals surface area contributed by atoms with Gasteiger partial charge >= 0.3 is 5.97 Å². The van der Waals surface area contributed by atoms with E-state index in [9.17, 15) is 14.4 Å². The molecule has 20 heavy (non-hydrogen) atoms. The number of aliphatic carboxylic acids is 1. The predicted molar refractivity (Wildman–Crippen MR) is 74.1 cm³/mol. The molecule has 1 rings (SSSR count). The summed E-state index contributed by atoms with van der Waals surface area (Å²) in [6.45, 7) is 0.291. The summed E-state index contributed by atoms with van der Waals surface area (Å²) >= 11 is 0. The smallest absolute Gasteiger partial charge is 0.303 e. The molecule has 3 N–H and O–H groups in total. The second-order valence-corrected chi connectivity index (χ2v) is 5.31. The Labute approximate surface area is 119 Å². The van der Waals surface area contributed by atoms with E-state index >= 15 is 0 Å². The monoisotopic (exact) mass is 284 g/mol. The highest BCUT2D eigenvalue weighted by Gasteiger charge is 2.16. The van der Waals surface area contributed by atoms with Gasteiger partial charge in [-0.3, -0.25) is 14.4 Å². The van der Waals surface area contributed by atoms with E-state index < -0.39 is 5.97 Å². The number of carboxylic acid groups (broad SMARTS) is 1. The molecule has 6 heteroatoms. The molecular weight excluding hydrogens is 260 g/mol. The van der Waals surface area contributed by atoms with Gasteiger partial charge in [0.2, 0.25) is 11.8 Å². The molecule has 0 radical (unpaired) electrons. The predicted octanol–water partition coefficient (Wildman–Crippen LogP) is 1.05. The first-order valence-corrected chi connectivity index (χ1v) is 7.33. The first kappa shape index (κ1) is 16.5. The molecule has 1 saturated carbocycles. The number of hydrogen-bond acceptors (Lipinski definition) is 3. The largest absolute Gasteiger partial charge is 0.481 e. The molecule has 0 heterocycles. The van der Waals surface area contributed by atoms with Crippen LogP contribution in [0.3, 0.4) is 0 Å². The lowest BCUT2D eigenvalue weighted by molar-refractivity contribution is -0.137. The summed E-state index contributed by atoms with van der Waals surface area (Å²) in [5.41, 5.74) is 0. The minimum absolute atomic E-state index is 0.0312. The highest BCUT2D eigenvalue weighted by atomic mass is 16.4. The fourth-order valence-electron chi connectivity index (χ4n) is 2.43. The molecule has 0 spiro atoms. The van der Waals surface area contributed by atoms with Crippen molar-refractivity contribution < 1.29 is 19.5 Å². The van der Waals surface area contributed by atoms with E-state index in [4.69, 9.17) is 5.11 Å². The lowest BCUT2D eigenvalue weighted by Crippen LogP contribution is -2.37. The lowest BCUT2D eigenvalue weighted by Gasteiger charge is -2.09. The van der Waals surface area contributed by atoms with Crippen molar-refractivity contribution in [2.75, 3.05) is 13.1 Å². The van der Waals surface area contributed by atoms with Crippen molar-refractivity contribution in [2.24, 2.45) is 5.92 Å². The van der Waals surface area contributed by atoms with Crippen molar-refractivity contribution >= 4 is 17.8 Å². The average Bonchev–Trinajstić information content (AvgIpc) is 2.92. The van der Waals surface area contributed by atoms with Crippen molar-refractivity contribution in [1.29, 1.82) is 0 Å². The molecule has 0 unspecified atom stereocenters. The molecule has 2 amide bonds. The van der Waals surface area contributed by atoms with Gasteiger partial charge < -0.3 is 15.7 Å². The summed E-state index contributed by atoms with van der Waals surface area (Å²) in [6, 6.07) is 0. The molecule has 6 nitrogen and oxygen atoms in total. The standard InChI is InChI=1S/C14H24N2O4/c17-12(8-7-11-4-1-2-5-11)16-10-13(18)15-9-3-6-14(19)20/h11H,1-10H2,(H,15,18)(H,16,17)(H,19,20). The van der Waals surface area contributed by atoms with E-state index in [0.717, 1.165) is 6.42 Å². The topological polar surface area (TPSA) is 95.5 Å². The fraction of sp³-hybridized carbons (Fsp3) is 0.786. The molecule has 0 aromatic carbocycles. The van der Waals surface area contributed by atoms with Crippen LogP contribution in [0.2, 0.25) is 0 Å². The van der Waals surface area contributed by atoms with Gasteiger partial charge in [-0.2, -0.15) is 0 Å². The van der Waals surface area contributed by atoms with E-state index in [1.807, 2.05) is 0 Å². The van der Waals surface area contributed by atoms with Gasteiger partial charge in [-0.15, -0.1) is 0 Å².